The predicted molar refractivity (Wildman–Crippen MR) is 91.2 cm³/mol. The molecule has 2 rings (SSSR count). The second-order valence-corrected chi connectivity index (χ2v) is 7.72. The van der Waals surface area contributed by atoms with Crippen molar-refractivity contribution in [3.8, 4) is 0 Å². The summed E-state index contributed by atoms with van der Waals surface area (Å²) in [5, 5.41) is 6.92. The van der Waals surface area contributed by atoms with Crippen molar-refractivity contribution in [3.05, 3.63) is 24.0 Å². The number of rotatable bonds is 4. The number of nitrogens with zero attached hydrogens (tertiary/aromatic N) is 4. The van der Waals surface area contributed by atoms with Crippen LogP contribution in [0.25, 0.3) is 0 Å². The second-order valence-electron chi connectivity index (χ2n) is 5.84. The number of aryl methyl sites for hydroxylation is 2. The van der Waals surface area contributed by atoms with Gasteiger partial charge in [-0.2, -0.15) is 9.40 Å². The van der Waals surface area contributed by atoms with E-state index in [0.29, 0.717) is 44.0 Å². The van der Waals surface area contributed by atoms with Crippen LogP contribution in [0.4, 0.5) is 4.79 Å². The summed E-state index contributed by atoms with van der Waals surface area (Å²) in [6.07, 6.45) is 2.21. The summed E-state index contributed by atoms with van der Waals surface area (Å²) in [6.45, 7) is 8.96. The largest absolute Gasteiger partial charge is 0.335 e. The average molecular weight is 355 g/mol. The van der Waals surface area contributed by atoms with Gasteiger partial charge in [0, 0.05) is 39.8 Å². The molecule has 2 heterocycles. The lowest BCUT2D eigenvalue weighted by molar-refractivity contribution is 0.201. The van der Waals surface area contributed by atoms with Crippen LogP contribution in [0.5, 0.6) is 0 Å². The minimum atomic E-state index is -3.62. The van der Waals surface area contributed by atoms with E-state index in [2.05, 4.69) is 17.0 Å². The summed E-state index contributed by atoms with van der Waals surface area (Å²) >= 11 is 0. The highest BCUT2D eigenvalue weighted by Gasteiger charge is 2.32. The topological polar surface area (TPSA) is 87.5 Å². The van der Waals surface area contributed by atoms with Gasteiger partial charge in [-0.25, -0.2) is 13.2 Å². The molecule has 1 aliphatic heterocycles. The highest BCUT2D eigenvalue weighted by atomic mass is 32.2. The Morgan fingerprint density at radius 3 is 2.58 bits per heavy atom. The van der Waals surface area contributed by atoms with Crippen LogP contribution in [0.3, 0.4) is 0 Å². The van der Waals surface area contributed by atoms with Crippen LogP contribution < -0.4 is 5.32 Å². The number of aromatic nitrogens is 2. The molecular formula is C15H25N5O3S. The van der Waals surface area contributed by atoms with E-state index < -0.39 is 10.0 Å². The Kier molecular flexibility index (Phi) is 5.66. The van der Waals surface area contributed by atoms with Crippen molar-refractivity contribution >= 4 is 16.1 Å². The van der Waals surface area contributed by atoms with E-state index in [9.17, 15) is 13.2 Å². The van der Waals surface area contributed by atoms with E-state index in [4.69, 9.17) is 0 Å². The van der Waals surface area contributed by atoms with E-state index in [0.717, 1.165) is 0 Å². The third kappa shape index (κ3) is 3.62. The van der Waals surface area contributed by atoms with Gasteiger partial charge in [-0.05, 0) is 20.3 Å². The van der Waals surface area contributed by atoms with E-state index in [1.54, 1.807) is 36.6 Å². The molecule has 1 aromatic rings. The second kappa shape index (κ2) is 7.35. The smallest absolute Gasteiger partial charge is 0.317 e. The fourth-order valence-corrected chi connectivity index (χ4v) is 4.73. The highest BCUT2D eigenvalue weighted by Crippen LogP contribution is 2.24. The van der Waals surface area contributed by atoms with Crippen LogP contribution in [0.15, 0.2) is 17.6 Å². The first-order chi connectivity index (χ1) is 11.3. The molecule has 0 spiro atoms. The number of amides is 2. The molecule has 8 nitrogen and oxygen atoms in total. The Hall–Kier alpha value is -1.87. The first-order valence-electron chi connectivity index (χ1n) is 7.93. The van der Waals surface area contributed by atoms with Crippen molar-refractivity contribution in [3.63, 3.8) is 0 Å². The number of carbonyl (C=O) groups excluding carboxylic acids is 1. The van der Waals surface area contributed by atoms with Gasteiger partial charge in [-0.15, -0.1) is 6.58 Å². The Balaban J connectivity index is 2.15. The van der Waals surface area contributed by atoms with Crippen molar-refractivity contribution < 1.29 is 13.2 Å². The quantitative estimate of drug-likeness (QED) is 0.803. The molecule has 0 saturated carbocycles. The monoisotopic (exact) mass is 355 g/mol. The van der Waals surface area contributed by atoms with Crippen molar-refractivity contribution in [2.24, 2.45) is 7.05 Å². The molecule has 9 heteroatoms. The first-order valence-corrected chi connectivity index (χ1v) is 9.37. The van der Waals surface area contributed by atoms with Crippen LogP contribution in [0, 0.1) is 13.8 Å². The number of hydrogen-bond acceptors (Lipinski definition) is 4. The average Bonchev–Trinajstić information content (AvgIpc) is 2.72. The number of hydrogen-bond donors (Lipinski definition) is 1. The molecule has 1 saturated heterocycles. The Morgan fingerprint density at radius 2 is 2.00 bits per heavy atom. The van der Waals surface area contributed by atoms with Gasteiger partial charge in [0.1, 0.15) is 4.90 Å². The number of carbonyl (C=O) groups is 1. The van der Waals surface area contributed by atoms with Gasteiger partial charge in [-0.3, -0.25) is 4.68 Å². The van der Waals surface area contributed by atoms with Gasteiger partial charge in [0.2, 0.25) is 10.0 Å². The Morgan fingerprint density at radius 1 is 1.29 bits per heavy atom. The van der Waals surface area contributed by atoms with Crippen molar-refractivity contribution in [1.82, 2.24) is 24.3 Å². The molecule has 0 atom stereocenters. The minimum Gasteiger partial charge on any atom is -0.335 e. The maximum atomic E-state index is 13.0. The number of urea groups is 1. The summed E-state index contributed by atoms with van der Waals surface area (Å²) < 4.78 is 29.0. The lowest BCUT2D eigenvalue weighted by Gasteiger charge is -2.22. The van der Waals surface area contributed by atoms with E-state index in [-0.39, 0.29) is 17.5 Å². The van der Waals surface area contributed by atoms with Crippen molar-refractivity contribution in [2.45, 2.75) is 25.2 Å². The minimum absolute atomic E-state index is 0.192. The molecule has 0 radical (unpaired) electrons. The maximum absolute atomic E-state index is 13.0. The zero-order chi connectivity index (χ0) is 17.9. The fraction of sp³-hybridized carbons (Fsp3) is 0.600. The van der Waals surface area contributed by atoms with E-state index in [1.165, 1.54) is 4.31 Å². The van der Waals surface area contributed by atoms with Crippen molar-refractivity contribution in [1.29, 1.82) is 0 Å². The number of sulfonamides is 1. The summed E-state index contributed by atoms with van der Waals surface area (Å²) in [4.78, 5) is 13.9. The molecule has 24 heavy (non-hydrogen) atoms. The van der Waals surface area contributed by atoms with Crippen LogP contribution in [-0.4, -0.2) is 66.2 Å². The molecule has 0 bridgehead atoms. The molecule has 1 aromatic heterocycles. The standard InChI is InChI=1S/C15H25N5O3S/c1-5-7-16-15(21)19-8-6-9-20(11-10-19)24(22,23)14-12(2)17-18(4)13(14)3/h5H,1,6-11H2,2-4H3,(H,16,21). The third-order valence-corrected chi connectivity index (χ3v) is 6.33. The fourth-order valence-electron chi connectivity index (χ4n) is 2.87. The lowest BCUT2D eigenvalue weighted by Crippen LogP contribution is -2.42. The normalized spacial score (nSPS) is 16.7. The Bertz CT molecular complexity index is 726. The van der Waals surface area contributed by atoms with Crippen LogP contribution in [-0.2, 0) is 17.1 Å². The van der Waals surface area contributed by atoms with E-state index in [1.807, 2.05) is 0 Å². The molecule has 1 aliphatic rings. The van der Waals surface area contributed by atoms with Gasteiger partial charge >= 0.3 is 6.03 Å². The predicted octanol–water partition coefficient (Wildman–Crippen LogP) is 0.629. The highest BCUT2D eigenvalue weighted by molar-refractivity contribution is 7.89. The summed E-state index contributed by atoms with van der Waals surface area (Å²) in [7, 11) is -1.88. The molecule has 0 aromatic carbocycles. The van der Waals surface area contributed by atoms with Gasteiger partial charge in [-0.1, -0.05) is 6.08 Å². The van der Waals surface area contributed by atoms with Gasteiger partial charge < -0.3 is 10.2 Å². The van der Waals surface area contributed by atoms with Crippen LogP contribution in [0.1, 0.15) is 17.8 Å². The maximum Gasteiger partial charge on any atom is 0.317 e. The molecule has 0 unspecified atom stereocenters. The van der Waals surface area contributed by atoms with Crippen molar-refractivity contribution in [2.75, 3.05) is 32.7 Å². The summed E-state index contributed by atoms with van der Waals surface area (Å²) in [5.41, 5.74) is 1.12. The van der Waals surface area contributed by atoms with E-state index >= 15 is 0 Å². The molecule has 134 valence electrons. The lowest BCUT2D eigenvalue weighted by atomic mass is 10.4. The zero-order valence-electron chi connectivity index (χ0n) is 14.4. The van der Waals surface area contributed by atoms with Gasteiger partial charge in [0.15, 0.2) is 0 Å². The Labute approximate surface area is 143 Å². The zero-order valence-corrected chi connectivity index (χ0v) is 15.3. The molecule has 2 amide bonds. The van der Waals surface area contributed by atoms with Crippen LogP contribution >= 0.6 is 0 Å². The summed E-state index contributed by atoms with van der Waals surface area (Å²) in [5.74, 6) is 0. The number of nitrogens with one attached hydrogen (secondary N) is 1. The molecular weight excluding hydrogens is 330 g/mol. The first kappa shape index (κ1) is 18.5. The molecule has 1 fully saturated rings. The summed E-state index contributed by atoms with van der Waals surface area (Å²) in [6, 6.07) is -0.192. The SMILES string of the molecule is C=CCNC(=O)N1CCCN(S(=O)(=O)c2c(C)nn(C)c2C)CC1. The molecule has 0 aliphatic carbocycles. The van der Waals surface area contributed by atoms with Crippen LogP contribution in [0.2, 0.25) is 0 Å². The van der Waals surface area contributed by atoms with Gasteiger partial charge in [0.25, 0.3) is 0 Å². The third-order valence-electron chi connectivity index (χ3n) is 4.18. The molecule has 1 N–H and O–H groups in total. The van der Waals surface area contributed by atoms with Gasteiger partial charge in [0.05, 0.1) is 11.4 Å².